The van der Waals surface area contributed by atoms with Crippen molar-refractivity contribution >= 4 is 0 Å². The monoisotopic (exact) mass is 212 g/mol. The first kappa shape index (κ1) is 14.4. The summed E-state index contributed by atoms with van der Waals surface area (Å²) >= 11 is 0. The normalized spacial score (nSPS) is 11.4. The van der Waals surface area contributed by atoms with Crippen LogP contribution in [-0.4, -0.2) is 20.5 Å². The van der Waals surface area contributed by atoms with Gasteiger partial charge in [-0.1, -0.05) is 37.6 Å². The fourth-order valence-electron chi connectivity index (χ4n) is 1.45. The standard InChI is InChI=1S/C13H24O2/c1-4-5-6-7-8-9-10-11-12-13(14-2)15-3/h4-6,13H,1,7-12H2,2-3H3/b6-5-. The van der Waals surface area contributed by atoms with Gasteiger partial charge >= 0.3 is 0 Å². The molecule has 0 saturated carbocycles. The molecule has 0 aromatic heterocycles. The molecule has 0 aliphatic carbocycles. The Bertz CT molecular complexity index is 160. The summed E-state index contributed by atoms with van der Waals surface area (Å²) in [7, 11) is 3.38. The molecule has 0 aromatic rings. The van der Waals surface area contributed by atoms with Crippen molar-refractivity contribution in [1.82, 2.24) is 0 Å². The molecule has 0 atom stereocenters. The van der Waals surface area contributed by atoms with Gasteiger partial charge < -0.3 is 9.47 Å². The number of hydrogen-bond donors (Lipinski definition) is 0. The molecule has 15 heavy (non-hydrogen) atoms. The highest BCUT2D eigenvalue weighted by Crippen LogP contribution is 2.09. The summed E-state index contributed by atoms with van der Waals surface area (Å²) in [4.78, 5) is 0. The molecule has 0 N–H and O–H groups in total. The second-order valence-electron chi connectivity index (χ2n) is 3.56. The second kappa shape index (κ2) is 11.5. The van der Waals surface area contributed by atoms with Crippen molar-refractivity contribution in [1.29, 1.82) is 0 Å². The lowest BCUT2D eigenvalue weighted by Gasteiger charge is -2.12. The topological polar surface area (TPSA) is 18.5 Å². The molecule has 0 bridgehead atoms. The predicted molar refractivity (Wildman–Crippen MR) is 64.8 cm³/mol. The Kier molecular flexibility index (Phi) is 11.0. The molecule has 0 fully saturated rings. The van der Waals surface area contributed by atoms with E-state index in [0.29, 0.717) is 0 Å². The molecule has 0 aliphatic heterocycles. The van der Waals surface area contributed by atoms with Gasteiger partial charge in [-0.05, 0) is 25.7 Å². The number of unbranched alkanes of at least 4 members (excludes halogenated alkanes) is 4. The predicted octanol–water partition coefficient (Wildman–Crippen LogP) is 3.69. The van der Waals surface area contributed by atoms with Crippen molar-refractivity contribution in [2.45, 2.75) is 44.8 Å². The lowest BCUT2D eigenvalue weighted by Crippen LogP contribution is -2.12. The number of methoxy groups -OCH3 is 2. The molecular weight excluding hydrogens is 188 g/mol. The third kappa shape index (κ3) is 9.70. The Morgan fingerprint density at radius 3 is 2.33 bits per heavy atom. The lowest BCUT2D eigenvalue weighted by atomic mass is 10.1. The smallest absolute Gasteiger partial charge is 0.156 e. The van der Waals surface area contributed by atoms with Gasteiger partial charge in [-0.3, -0.25) is 0 Å². The SMILES string of the molecule is C=C/C=C\CCCCCCC(OC)OC. The summed E-state index contributed by atoms with van der Waals surface area (Å²) < 4.78 is 10.2. The average molecular weight is 212 g/mol. The van der Waals surface area contributed by atoms with Crippen LogP contribution >= 0.6 is 0 Å². The Balaban J connectivity index is 3.17. The van der Waals surface area contributed by atoms with Gasteiger partial charge in [-0.15, -0.1) is 0 Å². The van der Waals surface area contributed by atoms with Crippen LogP contribution in [0.2, 0.25) is 0 Å². The first-order valence-corrected chi connectivity index (χ1v) is 5.68. The Morgan fingerprint density at radius 2 is 1.73 bits per heavy atom. The Morgan fingerprint density at radius 1 is 1.07 bits per heavy atom. The van der Waals surface area contributed by atoms with Crippen molar-refractivity contribution in [2.24, 2.45) is 0 Å². The maximum atomic E-state index is 5.11. The van der Waals surface area contributed by atoms with Gasteiger partial charge in [0.2, 0.25) is 0 Å². The molecule has 0 saturated heterocycles. The van der Waals surface area contributed by atoms with Crippen molar-refractivity contribution in [3.8, 4) is 0 Å². The highest BCUT2D eigenvalue weighted by molar-refractivity contribution is 4.96. The molecule has 0 spiro atoms. The molecule has 0 unspecified atom stereocenters. The van der Waals surface area contributed by atoms with Crippen LogP contribution < -0.4 is 0 Å². The zero-order chi connectivity index (χ0) is 11.4. The van der Waals surface area contributed by atoms with Gasteiger partial charge in [-0.2, -0.15) is 0 Å². The van der Waals surface area contributed by atoms with E-state index < -0.39 is 0 Å². The highest BCUT2D eigenvalue weighted by Gasteiger charge is 2.02. The van der Waals surface area contributed by atoms with E-state index in [0.717, 1.165) is 12.8 Å². The number of hydrogen-bond acceptors (Lipinski definition) is 2. The van der Waals surface area contributed by atoms with Gasteiger partial charge in [0.25, 0.3) is 0 Å². The minimum absolute atomic E-state index is 0.0225. The fraction of sp³-hybridized carbons (Fsp3) is 0.692. The Hall–Kier alpha value is -0.600. The summed E-state index contributed by atoms with van der Waals surface area (Å²) in [5.41, 5.74) is 0. The summed E-state index contributed by atoms with van der Waals surface area (Å²) in [5.74, 6) is 0. The fourth-order valence-corrected chi connectivity index (χ4v) is 1.45. The lowest BCUT2D eigenvalue weighted by molar-refractivity contribution is -0.107. The van der Waals surface area contributed by atoms with Gasteiger partial charge in [0.1, 0.15) is 0 Å². The van der Waals surface area contributed by atoms with Crippen LogP contribution in [0.5, 0.6) is 0 Å². The number of ether oxygens (including phenoxy) is 2. The van der Waals surface area contributed by atoms with Crippen LogP contribution in [0.25, 0.3) is 0 Å². The van der Waals surface area contributed by atoms with E-state index >= 15 is 0 Å². The van der Waals surface area contributed by atoms with Crippen molar-refractivity contribution in [3.05, 3.63) is 24.8 Å². The molecular formula is C13H24O2. The van der Waals surface area contributed by atoms with Crippen LogP contribution in [0.1, 0.15) is 38.5 Å². The van der Waals surface area contributed by atoms with Crippen LogP contribution in [0, 0.1) is 0 Å². The zero-order valence-electron chi connectivity index (χ0n) is 10.1. The van der Waals surface area contributed by atoms with Crippen LogP contribution in [-0.2, 0) is 9.47 Å². The quantitative estimate of drug-likeness (QED) is 0.312. The van der Waals surface area contributed by atoms with Gasteiger partial charge in [0.15, 0.2) is 6.29 Å². The van der Waals surface area contributed by atoms with Crippen LogP contribution in [0.3, 0.4) is 0 Å². The van der Waals surface area contributed by atoms with Gasteiger partial charge in [-0.25, -0.2) is 0 Å². The first-order valence-electron chi connectivity index (χ1n) is 5.68. The van der Waals surface area contributed by atoms with Crippen molar-refractivity contribution in [3.63, 3.8) is 0 Å². The highest BCUT2D eigenvalue weighted by atomic mass is 16.7. The molecule has 2 heteroatoms. The molecule has 0 heterocycles. The van der Waals surface area contributed by atoms with E-state index in [1.165, 1.54) is 25.7 Å². The molecule has 0 rings (SSSR count). The van der Waals surface area contributed by atoms with Crippen molar-refractivity contribution < 1.29 is 9.47 Å². The van der Waals surface area contributed by atoms with E-state index in [1.54, 1.807) is 14.2 Å². The summed E-state index contributed by atoms with van der Waals surface area (Å²) in [6, 6.07) is 0. The van der Waals surface area contributed by atoms with E-state index in [4.69, 9.17) is 9.47 Å². The van der Waals surface area contributed by atoms with Gasteiger partial charge in [0, 0.05) is 14.2 Å². The van der Waals surface area contributed by atoms with Crippen molar-refractivity contribution in [2.75, 3.05) is 14.2 Å². The summed E-state index contributed by atoms with van der Waals surface area (Å²) in [6.07, 6.45) is 13.1. The molecule has 2 nitrogen and oxygen atoms in total. The minimum atomic E-state index is -0.0225. The van der Waals surface area contributed by atoms with Crippen LogP contribution in [0.15, 0.2) is 24.8 Å². The average Bonchev–Trinajstić information content (AvgIpc) is 2.27. The molecule has 88 valence electrons. The third-order valence-electron chi connectivity index (χ3n) is 2.36. The van der Waals surface area contributed by atoms with E-state index in [-0.39, 0.29) is 6.29 Å². The maximum Gasteiger partial charge on any atom is 0.156 e. The zero-order valence-corrected chi connectivity index (χ0v) is 10.1. The van der Waals surface area contributed by atoms with E-state index in [2.05, 4.69) is 12.7 Å². The first-order chi connectivity index (χ1) is 7.35. The number of allylic oxidation sites excluding steroid dienone is 3. The maximum absolute atomic E-state index is 5.11. The van der Waals surface area contributed by atoms with Crippen LogP contribution in [0.4, 0.5) is 0 Å². The number of rotatable bonds is 10. The summed E-state index contributed by atoms with van der Waals surface area (Å²) in [5, 5.41) is 0. The molecule has 0 aliphatic rings. The third-order valence-corrected chi connectivity index (χ3v) is 2.36. The van der Waals surface area contributed by atoms with E-state index in [1.807, 2.05) is 12.2 Å². The molecule has 0 amide bonds. The largest absolute Gasteiger partial charge is 0.356 e. The molecule has 0 radical (unpaired) electrons. The Labute approximate surface area is 94.0 Å². The van der Waals surface area contributed by atoms with Gasteiger partial charge in [0.05, 0.1) is 0 Å². The van der Waals surface area contributed by atoms with E-state index in [9.17, 15) is 0 Å². The second-order valence-corrected chi connectivity index (χ2v) is 3.56. The minimum Gasteiger partial charge on any atom is -0.356 e. The summed E-state index contributed by atoms with van der Waals surface area (Å²) in [6.45, 7) is 3.63. The molecule has 0 aromatic carbocycles.